The van der Waals surface area contributed by atoms with Crippen LogP contribution in [0.2, 0.25) is 0 Å². The van der Waals surface area contributed by atoms with Crippen LogP contribution in [-0.4, -0.2) is 35.4 Å². The van der Waals surface area contributed by atoms with Gasteiger partial charge in [-0.2, -0.15) is 0 Å². The number of carboxylic acids is 1. The van der Waals surface area contributed by atoms with Gasteiger partial charge in [0.1, 0.15) is 5.75 Å². The van der Waals surface area contributed by atoms with Crippen LogP contribution in [0.3, 0.4) is 0 Å². The normalized spacial score (nSPS) is 12.6. The van der Waals surface area contributed by atoms with Gasteiger partial charge in [-0.1, -0.05) is 37.3 Å². The quantitative estimate of drug-likeness (QED) is 0.654. The number of H-pyrrole nitrogens is 1. The number of para-hydroxylation sites is 2. The van der Waals surface area contributed by atoms with Crippen LogP contribution in [-0.2, 0) is 9.53 Å². The van der Waals surface area contributed by atoms with Gasteiger partial charge in [0.15, 0.2) is 0 Å². The number of carbonyl (C=O) groups is 1. The van der Waals surface area contributed by atoms with Gasteiger partial charge in [0, 0.05) is 22.9 Å². The van der Waals surface area contributed by atoms with E-state index in [1.54, 1.807) is 6.07 Å². The Morgan fingerprint density at radius 2 is 1.96 bits per heavy atom. The van der Waals surface area contributed by atoms with E-state index in [0.717, 1.165) is 28.2 Å². The summed E-state index contributed by atoms with van der Waals surface area (Å²) in [5, 5.41) is 11.4. The molecule has 23 heavy (non-hydrogen) atoms. The number of hydrogen-bond donors (Lipinski definition) is 2. The Morgan fingerprint density at radius 3 is 2.74 bits per heavy atom. The molecule has 1 heterocycles. The van der Waals surface area contributed by atoms with Gasteiger partial charge < -0.3 is 19.6 Å². The number of ether oxygens (including phenoxy) is 2. The molecule has 0 aliphatic carbocycles. The van der Waals surface area contributed by atoms with E-state index in [-0.39, 0.29) is 6.61 Å². The molecular formula is C18H19NO4. The van der Waals surface area contributed by atoms with E-state index in [0.29, 0.717) is 12.4 Å². The molecule has 2 aromatic carbocycles. The fraction of sp³-hybridized carbons (Fsp3) is 0.278. The number of hydrogen-bond acceptors (Lipinski definition) is 3. The number of aromatic nitrogens is 1. The second-order valence-electron chi connectivity index (χ2n) is 5.37. The lowest BCUT2D eigenvalue weighted by atomic mass is 10.1. The molecule has 0 saturated carbocycles. The maximum Gasteiger partial charge on any atom is 0.347 e. The lowest BCUT2D eigenvalue weighted by Gasteiger charge is -2.15. The monoisotopic (exact) mass is 313 g/mol. The summed E-state index contributed by atoms with van der Waals surface area (Å²) < 4.78 is 11.0. The van der Waals surface area contributed by atoms with E-state index in [1.807, 2.05) is 43.3 Å². The van der Waals surface area contributed by atoms with E-state index in [2.05, 4.69) is 4.98 Å². The number of aliphatic carboxylic acids is 1. The molecule has 0 radical (unpaired) electrons. The fourth-order valence-corrected chi connectivity index (χ4v) is 2.59. The van der Waals surface area contributed by atoms with Gasteiger partial charge in [-0.15, -0.1) is 0 Å². The number of rotatable bonds is 7. The molecule has 0 amide bonds. The van der Waals surface area contributed by atoms with Crippen molar-refractivity contribution >= 4 is 27.8 Å². The molecule has 0 aliphatic rings. The summed E-state index contributed by atoms with van der Waals surface area (Å²) in [4.78, 5) is 14.7. The third-order valence-electron chi connectivity index (χ3n) is 3.67. The minimum absolute atomic E-state index is 0.0276. The van der Waals surface area contributed by atoms with Crippen LogP contribution in [0.4, 0.5) is 0 Å². The maximum absolute atomic E-state index is 11.4. The van der Waals surface area contributed by atoms with Crippen LogP contribution in [0.25, 0.3) is 21.8 Å². The van der Waals surface area contributed by atoms with Gasteiger partial charge in [-0.3, -0.25) is 0 Å². The molecule has 120 valence electrons. The zero-order chi connectivity index (χ0) is 16.2. The molecule has 2 N–H and O–H groups in total. The summed E-state index contributed by atoms with van der Waals surface area (Å²) in [6.45, 7) is 2.52. The first-order chi connectivity index (χ1) is 11.2. The van der Waals surface area contributed by atoms with Crippen LogP contribution in [0.5, 0.6) is 5.75 Å². The molecule has 1 aromatic heterocycles. The van der Waals surface area contributed by atoms with E-state index in [4.69, 9.17) is 9.47 Å². The van der Waals surface area contributed by atoms with Crippen molar-refractivity contribution < 1.29 is 19.4 Å². The minimum Gasteiger partial charge on any atom is -0.478 e. The van der Waals surface area contributed by atoms with Crippen molar-refractivity contribution in [3.8, 4) is 5.75 Å². The lowest BCUT2D eigenvalue weighted by Crippen LogP contribution is -2.32. The molecule has 0 aliphatic heterocycles. The first-order valence-electron chi connectivity index (χ1n) is 7.67. The Balaban J connectivity index is 1.93. The molecule has 0 fully saturated rings. The Morgan fingerprint density at radius 1 is 1.17 bits per heavy atom. The number of benzene rings is 2. The molecule has 1 unspecified atom stereocenters. The predicted octanol–water partition coefficient (Wildman–Crippen LogP) is 3.58. The molecule has 0 bridgehead atoms. The van der Waals surface area contributed by atoms with Gasteiger partial charge in [0.2, 0.25) is 6.10 Å². The van der Waals surface area contributed by atoms with Gasteiger partial charge in [0.25, 0.3) is 0 Å². The first kappa shape index (κ1) is 15.4. The topological polar surface area (TPSA) is 71.5 Å². The number of nitrogens with one attached hydrogen (secondary N) is 1. The van der Waals surface area contributed by atoms with Crippen LogP contribution >= 0.6 is 0 Å². The standard InChI is InChI=1S/C18H19NO4/c1-2-10-22-11-16(18(20)21)23-15-9-5-7-13-12-6-3-4-8-14(12)19-17(13)15/h3-9,16,19H,2,10-11H2,1H3,(H,20,21). The summed E-state index contributed by atoms with van der Waals surface area (Å²) in [6, 6.07) is 13.6. The van der Waals surface area contributed by atoms with Crippen molar-refractivity contribution in [2.45, 2.75) is 19.4 Å². The van der Waals surface area contributed by atoms with Crippen LogP contribution in [0.15, 0.2) is 42.5 Å². The van der Waals surface area contributed by atoms with Crippen molar-refractivity contribution in [2.24, 2.45) is 0 Å². The summed E-state index contributed by atoms with van der Waals surface area (Å²) in [6.07, 6.45) is -0.192. The largest absolute Gasteiger partial charge is 0.478 e. The lowest BCUT2D eigenvalue weighted by molar-refractivity contribution is -0.147. The Labute approximate surface area is 133 Å². The van der Waals surface area contributed by atoms with Crippen LogP contribution in [0.1, 0.15) is 13.3 Å². The summed E-state index contributed by atoms with van der Waals surface area (Å²) in [5.74, 6) is -0.514. The molecule has 3 aromatic rings. The molecule has 3 rings (SSSR count). The van der Waals surface area contributed by atoms with E-state index >= 15 is 0 Å². The average molecular weight is 313 g/mol. The maximum atomic E-state index is 11.4. The molecule has 0 spiro atoms. The third-order valence-corrected chi connectivity index (χ3v) is 3.67. The van der Waals surface area contributed by atoms with Crippen molar-refractivity contribution in [1.82, 2.24) is 4.98 Å². The van der Waals surface area contributed by atoms with E-state index in [9.17, 15) is 9.90 Å². The summed E-state index contributed by atoms with van der Waals surface area (Å²) in [5.41, 5.74) is 1.79. The highest BCUT2D eigenvalue weighted by atomic mass is 16.5. The average Bonchev–Trinajstić information content (AvgIpc) is 2.93. The van der Waals surface area contributed by atoms with Crippen molar-refractivity contribution in [2.75, 3.05) is 13.2 Å². The van der Waals surface area contributed by atoms with Crippen LogP contribution < -0.4 is 4.74 Å². The zero-order valence-electron chi connectivity index (χ0n) is 12.9. The zero-order valence-corrected chi connectivity index (χ0v) is 12.9. The predicted molar refractivity (Wildman–Crippen MR) is 89.0 cm³/mol. The third kappa shape index (κ3) is 3.14. The van der Waals surface area contributed by atoms with Crippen molar-refractivity contribution in [1.29, 1.82) is 0 Å². The summed E-state index contributed by atoms with van der Waals surface area (Å²) >= 11 is 0. The van der Waals surface area contributed by atoms with E-state index < -0.39 is 12.1 Å². The second-order valence-corrected chi connectivity index (χ2v) is 5.37. The van der Waals surface area contributed by atoms with Gasteiger partial charge in [-0.05, 0) is 18.6 Å². The van der Waals surface area contributed by atoms with Crippen molar-refractivity contribution in [3.05, 3.63) is 42.5 Å². The van der Waals surface area contributed by atoms with Crippen molar-refractivity contribution in [3.63, 3.8) is 0 Å². The van der Waals surface area contributed by atoms with Gasteiger partial charge >= 0.3 is 5.97 Å². The highest BCUT2D eigenvalue weighted by molar-refractivity contribution is 6.09. The van der Waals surface area contributed by atoms with Gasteiger partial charge in [-0.25, -0.2) is 4.79 Å². The highest BCUT2D eigenvalue weighted by Crippen LogP contribution is 2.31. The fourth-order valence-electron chi connectivity index (χ4n) is 2.59. The Kier molecular flexibility index (Phi) is 4.48. The number of fused-ring (bicyclic) bond motifs is 3. The Hall–Kier alpha value is -2.53. The highest BCUT2D eigenvalue weighted by Gasteiger charge is 2.21. The molecule has 5 heteroatoms. The number of carboxylic acid groups (broad SMARTS) is 1. The van der Waals surface area contributed by atoms with Crippen LogP contribution in [0, 0.1) is 0 Å². The Bertz CT molecular complexity index is 824. The van der Waals surface area contributed by atoms with Gasteiger partial charge in [0.05, 0.1) is 12.1 Å². The molecule has 0 saturated heterocycles. The SMILES string of the molecule is CCCOCC(Oc1cccc2c1[nH]c1ccccc12)C(=O)O. The smallest absolute Gasteiger partial charge is 0.347 e. The first-order valence-corrected chi connectivity index (χ1v) is 7.67. The molecule has 1 atom stereocenters. The number of aromatic amines is 1. The summed E-state index contributed by atoms with van der Waals surface area (Å²) in [7, 11) is 0. The molecular weight excluding hydrogens is 294 g/mol. The minimum atomic E-state index is -1.03. The molecule has 5 nitrogen and oxygen atoms in total. The van der Waals surface area contributed by atoms with E-state index in [1.165, 1.54) is 0 Å². The second kappa shape index (κ2) is 6.71.